The van der Waals surface area contributed by atoms with Crippen molar-refractivity contribution in [3.8, 4) is 5.75 Å². The first-order valence-corrected chi connectivity index (χ1v) is 6.77. The zero-order chi connectivity index (χ0) is 15.1. The number of hydrazone groups is 1. The van der Waals surface area contributed by atoms with Crippen molar-refractivity contribution in [2.75, 3.05) is 6.61 Å². The van der Waals surface area contributed by atoms with Gasteiger partial charge in [0.1, 0.15) is 17.2 Å². The first-order chi connectivity index (χ1) is 10.2. The highest BCUT2D eigenvalue weighted by Crippen LogP contribution is 2.12. The van der Waals surface area contributed by atoms with Crippen molar-refractivity contribution in [3.63, 3.8) is 0 Å². The van der Waals surface area contributed by atoms with Crippen LogP contribution in [0.1, 0.15) is 25.2 Å². The van der Waals surface area contributed by atoms with Gasteiger partial charge in [-0.25, -0.2) is 5.43 Å². The molecule has 1 aromatic carbocycles. The van der Waals surface area contributed by atoms with Gasteiger partial charge in [-0.15, -0.1) is 0 Å². The summed E-state index contributed by atoms with van der Waals surface area (Å²) >= 11 is 0. The van der Waals surface area contributed by atoms with Crippen LogP contribution in [-0.4, -0.2) is 18.2 Å². The minimum Gasteiger partial charge on any atom is -0.494 e. The Morgan fingerprint density at radius 2 is 2.05 bits per heavy atom. The summed E-state index contributed by atoms with van der Waals surface area (Å²) in [6.07, 6.45) is 1.83. The molecule has 5 nitrogen and oxygen atoms in total. The van der Waals surface area contributed by atoms with Crippen LogP contribution in [0.4, 0.5) is 0 Å². The smallest absolute Gasteiger partial charge is 0.244 e. The van der Waals surface area contributed by atoms with E-state index in [2.05, 4.69) is 10.5 Å². The number of nitrogens with one attached hydrogen (secondary N) is 1. The molecule has 0 radical (unpaired) electrons. The summed E-state index contributed by atoms with van der Waals surface area (Å²) < 4.78 is 10.5. The molecule has 0 bridgehead atoms. The fraction of sp³-hybridized carbons (Fsp3) is 0.250. The lowest BCUT2D eigenvalue weighted by Crippen LogP contribution is -2.21. The van der Waals surface area contributed by atoms with Gasteiger partial charge in [0.05, 0.1) is 19.3 Å². The third-order valence-electron chi connectivity index (χ3n) is 2.83. The Bertz CT molecular complexity index is 601. The summed E-state index contributed by atoms with van der Waals surface area (Å²) in [5.41, 5.74) is 4.05. The second-order valence-electron chi connectivity index (χ2n) is 4.46. The number of rotatable bonds is 6. The van der Waals surface area contributed by atoms with Crippen molar-refractivity contribution in [1.82, 2.24) is 5.43 Å². The molecular formula is C16H18N2O3. The Balaban J connectivity index is 1.88. The Labute approximate surface area is 123 Å². The fourth-order valence-electron chi connectivity index (χ4n) is 1.78. The van der Waals surface area contributed by atoms with Crippen molar-refractivity contribution in [3.05, 3.63) is 54.0 Å². The summed E-state index contributed by atoms with van der Waals surface area (Å²) in [6.45, 7) is 4.33. The van der Waals surface area contributed by atoms with E-state index in [9.17, 15) is 4.79 Å². The molecular weight excluding hydrogens is 268 g/mol. The molecule has 1 N–H and O–H groups in total. The predicted molar refractivity (Wildman–Crippen MR) is 80.4 cm³/mol. The van der Waals surface area contributed by atoms with Gasteiger partial charge < -0.3 is 9.15 Å². The Morgan fingerprint density at radius 3 is 2.67 bits per heavy atom. The number of benzene rings is 1. The summed E-state index contributed by atoms with van der Waals surface area (Å²) in [5, 5.41) is 4.01. The Hall–Kier alpha value is -2.56. The molecule has 1 heterocycles. The molecule has 0 saturated carbocycles. The first kappa shape index (κ1) is 14.8. The van der Waals surface area contributed by atoms with Crippen LogP contribution in [0.25, 0.3) is 0 Å². The van der Waals surface area contributed by atoms with E-state index in [4.69, 9.17) is 9.15 Å². The molecule has 0 aliphatic heterocycles. The molecule has 0 saturated heterocycles. The highest BCUT2D eigenvalue weighted by molar-refractivity contribution is 5.96. The maximum absolute atomic E-state index is 11.8. The van der Waals surface area contributed by atoms with Gasteiger partial charge in [0, 0.05) is 0 Å². The van der Waals surface area contributed by atoms with Gasteiger partial charge in [-0.2, -0.15) is 5.10 Å². The number of furan rings is 1. The van der Waals surface area contributed by atoms with Crippen LogP contribution in [0.2, 0.25) is 0 Å². The van der Waals surface area contributed by atoms with E-state index in [1.54, 1.807) is 25.3 Å². The Morgan fingerprint density at radius 1 is 1.29 bits per heavy atom. The average molecular weight is 286 g/mol. The SMILES string of the molecule is CCOc1ccc(CC(=O)N/N=C(/C)c2ccco2)cc1. The molecule has 0 fully saturated rings. The van der Waals surface area contributed by atoms with Gasteiger partial charge in [-0.1, -0.05) is 12.1 Å². The van der Waals surface area contributed by atoms with Gasteiger partial charge in [0.2, 0.25) is 5.91 Å². The van der Waals surface area contributed by atoms with Crippen LogP contribution >= 0.6 is 0 Å². The van der Waals surface area contributed by atoms with Gasteiger partial charge in [0.25, 0.3) is 0 Å². The Kier molecular flexibility index (Phi) is 5.15. The molecule has 0 spiro atoms. The molecule has 2 rings (SSSR count). The van der Waals surface area contributed by atoms with Crippen LogP contribution in [0.15, 0.2) is 52.2 Å². The average Bonchev–Trinajstić information content (AvgIpc) is 3.01. The second-order valence-corrected chi connectivity index (χ2v) is 4.46. The number of carbonyl (C=O) groups is 1. The quantitative estimate of drug-likeness (QED) is 0.656. The molecule has 0 aliphatic rings. The van der Waals surface area contributed by atoms with Gasteiger partial charge in [0.15, 0.2) is 0 Å². The molecule has 110 valence electrons. The zero-order valence-corrected chi connectivity index (χ0v) is 12.1. The lowest BCUT2D eigenvalue weighted by Gasteiger charge is -2.05. The number of nitrogens with zero attached hydrogens (tertiary/aromatic N) is 1. The topological polar surface area (TPSA) is 63.8 Å². The molecule has 0 unspecified atom stereocenters. The molecule has 0 aliphatic carbocycles. The molecule has 1 aromatic heterocycles. The summed E-state index contributed by atoms with van der Waals surface area (Å²) in [4.78, 5) is 11.8. The highest BCUT2D eigenvalue weighted by atomic mass is 16.5. The monoisotopic (exact) mass is 286 g/mol. The molecule has 0 atom stereocenters. The summed E-state index contributed by atoms with van der Waals surface area (Å²) in [7, 11) is 0. The maximum atomic E-state index is 11.8. The minimum absolute atomic E-state index is 0.176. The van der Waals surface area contributed by atoms with Crippen molar-refractivity contribution < 1.29 is 13.9 Å². The fourth-order valence-corrected chi connectivity index (χ4v) is 1.78. The van der Waals surface area contributed by atoms with Crippen LogP contribution in [0.3, 0.4) is 0 Å². The van der Waals surface area contributed by atoms with E-state index in [0.717, 1.165) is 11.3 Å². The lowest BCUT2D eigenvalue weighted by molar-refractivity contribution is -0.120. The lowest BCUT2D eigenvalue weighted by atomic mass is 10.1. The van der Waals surface area contributed by atoms with Crippen molar-refractivity contribution >= 4 is 11.6 Å². The number of hydrogen-bond donors (Lipinski definition) is 1. The van der Waals surface area contributed by atoms with Crippen LogP contribution in [0.5, 0.6) is 5.75 Å². The first-order valence-electron chi connectivity index (χ1n) is 6.77. The normalized spacial score (nSPS) is 11.2. The molecule has 1 amide bonds. The maximum Gasteiger partial charge on any atom is 0.244 e. The molecule has 2 aromatic rings. The number of hydrogen-bond acceptors (Lipinski definition) is 4. The standard InChI is InChI=1S/C16H18N2O3/c1-3-20-14-8-6-13(7-9-14)11-16(19)18-17-12(2)15-5-4-10-21-15/h4-10H,3,11H2,1-2H3,(H,18,19)/b17-12-. The highest BCUT2D eigenvalue weighted by Gasteiger charge is 2.04. The van der Waals surface area contributed by atoms with Crippen LogP contribution < -0.4 is 10.2 Å². The van der Waals surface area contributed by atoms with E-state index < -0.39 is 0 Å². The van der Waals surface area contributed by atoms with Crippen LogP contribution in [0, 0.1) is 0 Å². The van der Waals surface area contributed by atoms with Crippen molar-refractivity contribution in [1.29, 1.82) is 0 Å². The summed E-state index contributed by atoms with van der Waals surface area (Å²) in [5.74, 6) is 1.26. The van der Waals surface area contributed by atoms with Gasteiger partial charge in [-0.3, -0.25) is 4.79 Å². The second kappa shape index (κ2) is 7.28. The summed E-state index contributed by atoms with van der Waals surface area (Å²) in [6, 6.07) is 11.0. The number of amides is 1. The van der Waals surface area contributed by atoms with E-state index in [1.807, 2.05) is 31.2 Å². The molecule has 21 heavy (non-hydrogen) atoms. The van der Waals surface area contributed by atoms with Crippen molar-refractivity contribution in [2.45, 2.75) is 20.3 Å². The largest absolute Gasteiger partial charge is 0.494 e. The third kappa shape index (κ3) is 4.49. The zero-order valence-electron chi connectivity index (χ0n) is 12.1. The molecule has 5 heteroatoms. The van der Waals surface area contributed by atoms with Gasteiger partial charge >= 0.3 is 0 Å². The predicted octanol–water partition coefficient (Wildman–Crippen LogP) is 2.76. The third-order valence-corrected chi connectivity index (χ3v) is 2.83. The van der Waals surface area contributed by atoms with E-state index in [-0.39, 0.29) is 12.3 Å². The van der Waals surface area contributed by atoms with E-state index >= 15 is 0 Å². The van der Waals surface area contributed by atoms with Crippen molar-refractivity contribution in [2.24, 2.45) is 5.10 Å². The van der Waals surface area contributed by atoms with Crippen LogP contribution in [-0.2, 0) is 11.2 Å². The number of ether oxygens (including phenoxy) is 1. The van der Waals surface area contributed by atoms with E-state index in [0.29, 0.717) is 18.1 Å². The number of carbonyl (C=O) groups excluding carboxylic acids is 1. The minimum atomic E-state index is -0.176. The van der Waals surface area contributed by atoms with E-state index in [1.165, 1.54) is 0 Å². The van der Waals surface area contributed by atoms with Gasteiger partial charge in [-0.05, 0) is 43.7 Å².